The van der Waals surface area contributed by atoms with Crippen molar-refractivity contribution in [2.45, 2.75) is 13.3 Å². The smallest absolute Gasteiger partial charge is 0.260 e. The van der Waals surface area contributed by atoms with E-state index in [1.807, 2.05) is 6.92 Å². The van der Waals surface area contributed by atoms with Gasteiger partial charge < -0.3 is 10.4 Å². The van der Waals surface area contributed by atoms with Gasteiger partial charge in [-0.05, 0) is 18.6 Å². The molecule has 0 atom stereocenters. The molecule has 1 amide bonds. The van der Waals surface area contributed by atoms with Crippen LogP contribution < -0.4 is 5.32 Å². The zero-order valence-electron chi connectivity index (χ0n) is 9.40. The monoisotopic (exact) mass is 231 g/mol. The molecule has 0 bridgehead atoms. The molecule has 0 unspecified atom stereocenters. The number of para-hydroxylation sites is 1. The Labute approximate surface area is 98.5 Å². The third-order valence-electron chi connectivity index (χ3n) is 2.49. The number of carbonyl (C=O) groups excluding carboxylic acids is 1. The van der Waals surface area contributed by atoms with Crippen LogP contribution in [0.2, 0.25) is 0 Å². The van der Waals surface area contributed by atoms with Crippen molar-refractivity contribution in [2.75, 3.05) is 5.32 Å². The van der Waals surface area contributed by atoms with E-state index in [9.17, 15) is 9.90 Å². The maximum Gasteiger partial charge on any atom is 0.260 e. The number of aryl methyl sites for hydroxylation is 1. The first kappa shape index (κ1) is 11.2. The van der Waals surface area contributed by atoms with E-state index in [0.717, 1.165) is 12.0 Å². The standard InChI is InChI=1S/C12H13N3O2/c1-2-8-7-13-15-11(8)14-12(17)9-5-3-4-6-10(9)16/h3-7,16H,2H2,1H3,(H2,13,14,15,17). The van der Waals surface area contributed by atoms with Crippen LogP contribution in [0.15, 0.2) is 30.5 Å². The number of phenols is 1. The van der Waals surface area contributed by atoms with E-state index in [0.29, 0.717) is 5.82 Å². The Morgan fingerprint density at radius 1 is 1.47 bits per heavy atom. The molecule has 0 spiro atoms. The number of carbonyl (C=O) groups is 1. The van der Waals surface area contributed by atoms with Crippen molar-refractivity contribution in [3.8, 4) is 5.75 Å². The average Bonchev–Trinajstić information content (AvgIpc) is 2.76. The van der Waals surface area contributed by atoms with Crippen LogP contribution in [-0.2, 0) is 6.42 Å². The van der Waals surface area contributed by atoms with E-state index >= 15 is 0 Å². The highest BCUT2D eigenvalue weighted by Crippen LogP contribution is 2.18. The number of H-pyrrole nitrogens is 1. The summed E-state index contributed by atoms with van der Waals surface area (Å²) in [4.78, 5) is 11.9. The van der Waals surface area contributed by atoms with Crippen molar-refractivity contribution in [1.29, 1.82) is 0 Å². The molecule has 1 aromatic carbocycles. The molecule has 2 rings (SSSR count). The average molecular weight is 231 g/mol. The number of amides is 1. The zero-order chi connectivity index (χ0) is 12.3. The summed E-state index contributed by atoms with van der Waals surface area (Å²) in [5, 5.41) is 18.8. The fourth-order valence-electron chi connectivity index (χ4n) is 1.53. The molecule has 1 heterocycles. The number of hydrogen-bond donors (Lipinski definition) is 3. The van der Waals surface area contributed by atoms with Crippen molar-refractivity contribution in [3.63, 3.8) is 0 Å². The van der Waals surface area contributed by atoms with Crippen molar-refractivity contribution < 1.29 is 9.90 Å². The lowest BCUT2D eigenvalue weighted by molar-refractivity contribution is 0.102. The highest BCUT2D eigenvalue weighted by atomic mass is 16.3. The van der Waals surface area contributed by atoms with Gasteiger partial charge in [0.15, 0.2) is 0 Å². The quantitative estimate of drug-likeness (QED) is 0.755. The van der Waals surface area contributed by atoms with Crippen molar-refractivity contribution >= 4 is 11.7 Å². The van der Waals surface area contributed by atoms with Crippen LogP contribution in [0.5, 0.6) is 5.75 Å². The van der Waals surface area contributed by atoms with Crippen LogP contribution in [0.4, 0.5) is 5.82 Å². The van der Waals surface area contributed by atoms with Gasteiger partial charge in [-0.25, -0.2) is 0 Å². The third-order valence-corrected chi connectivity index (χ3v) is 2.49. The van der Waals surface area contributed by atoms with Gasteiger partial charge in [-0.15, -0.1) is 0 Å². The molecular formula is C12H13N3O2. The number of hydrogen-bond acceptors (Lipinski definition) is 3. The summed E-state index contributed by atoms with van der Waals surface area (Å²) < 4.78 is 0. The van der Waals surface area contributed by atoms with Crippen molar-refractivity contribution in [2.24, 2.45) is 0 Å². The van der Waals surface area contributed by atoms with Crippen LogP contribution in [0, 0.1) is 0 Å². The molecule has 0 saturated heterocycles. The summed E-state index contributed by atoms with van der Waals surface area (Å²) >= 11 is 0. The molecule has 2 aromatic rings. The predicted molar refractivity (Wildman–Crippen MR) is 64.0 cm³/mol. The maximum absolute atomic E-state index is 11.9. The van der Waals surface area contributed by atoms with E-state index in [1.165, 1.54) is 6.07 Å². The summed E-state index contributed by atoms with van der Waals surface area (Å²) in [6.45, 7) is 1.97. The molecule has 0 aliphatic heterocycles. The number of nitrogens with one attached hydrogen (secondary N) is 2. The molecule has 0 aliphatic rings. The lowest BCUT2D eigenvalue weighted by Gasteiger charge is -2.05. The SMILES string of the molecule is CCc1cn[nH]c1NC(=O)c1ccccc1O. The predicted octanol–water partition coefficient (Wildman–Crippen LogP) is 1.93. The van der Waals surface area contributed by atoms with Gasteiger partial charge in [-0.1, -0.05) is 19.1 Å². The van der Waals surface area contributed by atoms with Crippen LogP contribution >= 0.6 is 0 Å². The molecule has 5 nitrogen and oxygen atoms in total. The Balaban J connectivity index is 2.20. The van der Waals surface area contributed by atoms with E-state index < -0.39 is 0 Å². The number of phenolic OH excluding ortho intramolecular Hbond substituents is 1. The second kappa shape index (κ2) is 4.69. The highest BCUT2D eigenvalue weighted by Gasteiger charge is 2.12. The van der Waals surface area contributed by atoms with Gasteiger partial charge in [0.2, 0.25) is 0 Å². The third kappa shape index (κ3) is 2.28. The lowest BCUT2D eigenvalue weighted by Crippen LogP contribution is -2.13. The molecular weight excluding hydrogens is 218 g/mol. The number of aromatic nitrogens is 2. The van der Waals surface area contributed by atoms with E-state index in [-0.39, 0.29) is 17.2 Å². The first-order valence-corrected chi connectivity index (χ1v) is 5.34. The Hall–Kier alpha value is -2.30. The normalized spacial score (nSPS) is 10.2. The topological polar surface area (TPSA) is 78.0 Å². The minimum Gasteiger partial charge on any atom is -0.507 e. The van der Waals surface area contributed by atoms with Gasteiger partial charge in [0, 0.05) is 5.56 Å². The van der Waals surface area contributed by atoms with Gasteiger partial charge in [-0.2, -0.15) is 5.10 Å². The van der Waals surface area contributed by atoms with Gasteiger partial charge in [0.25, 0.3) is 5.91 Å². The Morgan fingerprint density at radius 2 is 2.24 bits per heavy atom. The molecule has 5 heteroatoms. The zero-order valence-corrected chi connectivity index (χ0v) is 9.40. The summed E-state index contributed by atoms with van der Waals surface area (Å²) in [6, 6.07) is 6.40. The Morgan fingerprint density at radius 3 is 2.94 bits per heavy atom. The largest absolute Gasteiger partial charge is 0.507 e. The summed E-state index contributed by atoms with van der Waals surface area (Å²) in [7, 11) is 0. The summed E-state index contributed by atoms with van der Waals surface area (Å²) in [5.74, 6) is 0.172. The maximum atomic E-state index is 11.9. The van der Waals surface area contributed by atoms with E-state index in [4.69, 9.17) is 0 Å². The Bertz CT molecular complexity index is 534. The van der Waals surface area contributed by atoms with Crippen molar-refractivity contribution in [3.05, 3.63) is 41.6 Å². The highest BCUT2D eigenvalue weighted by molar-refractivity contribution is 6.05. The van der Waals surface area contributed by atoms with Gasteiger partial charge >= 0.3 is 0 Å². The van der Waals surface area contributed by atoms with E-state index in [1.54, 1.807) is 24.4 Å². The lowest BCUT2D eigenvalue weighted by atomic mass is 10.2. The number of anilines is 1. The fourth-order valence-corrected chi connectivity index (χ4v) is 1.53. The second-order valence-corrected chi connectivity index (χ2v) is 3.60. The molecule has 88 valence electrons. The van der Waals surface area contributed by atoms with Gasteiger partial charge in [-0.3, -0.25) is 9.89 Å². The number of aromatic amines is 1. The number of nitrogens with zero attached hydrogens (tertiary/aromatic N) is 1. The van der Waals surface area contributed by atoms with Crippen molar-refractivity contribution in [1.82, 2.24) is 10.2 Å². The van der Waals surface area contributed by atoms with E-state index in [2.05, 4.69) is 15.5 Å². The van der Waals surface area contributed by atoms with Crippen LogP contribution in [0.25, 0.3) is 0 Å². The minimum atomic E-state index is -0.359. The molecule has 3 N–H and O–H groups in total. The number of benzene rings is 1. The minimum absolute atomic E-state index is 0.0393. The second-order valence-electron chi connectivity index (χ2n) is 3.60. The molecule has 0 fully saturated rings. The summed E-state index contributed by atoms with van der Waals surface area (Å²) in [5.41, 5.74) is 1.16. The molecule has 0 radical (unpaired) electrons. The first-order valence-electron chi connectivity index (χ1n) is 5.34. The Kier molecular flexibility index (Phi) is 3.09. The molecule has 1 aromatic heterocycles. The fraction of sp³-hybridized carbons (Fsp3) is 0.167. The van der Waals surface area contributed by atoms with Crippen LogP contribution in [-0.4, -0.2) is 21.2 Å². The summed E-state index contributed by atoms with van der Waals surface area (Å²) in [6.07, 6.45) is 2.44. The van der Waals surface area contributed by atoms with Gasteiger partial charge in [0.1, 0.15) is 11.6 Å². The van der Waals surface area contributed by atoms with Gasteiger partial charge in [0.05, 0.1) is 11.8 Å². The number of aromatic hydroxyl groups is 1. The van der Waals surface area contributed by atoms with Crippen LogP contribution in [0.3, 0.4) is 0 Å². The molecule has 0 saturated carbocycles. The molecule has 17 heavy (non-hydrogen) atoms. The number of rotatable bonds is 3. The first-order chi connectivity index (χ1) is 8.22. The molecule has 0 aliphatic carbocycles. The van der Waals surface area contributed by atoms with Crippen LogP contribution in [0.1, 0.15) is 22.8 Å².